The maximum Gasteiger partial charge on any atom is 0.326 e. The number of nitrogens with one attached hydrogen (secondary N) is 1. The van der Waals surface area contributed by atoms with E-state index in [2.05, 4.69) is 4.98 Å². The second-order valence-corrected chi connectivity index (χ2v) is 9.57. The third kappa shape index (κ3) is 4.74. The maximum absolute atomic E-state index is 13.5. The topological polar surface area (TPSA) is 79.5 Å². The van der Waals surface area contributed by atoms with E-state index in [9.17, 15) is 13.2 Å². The minimum absolute atomic E-state index is 0.102. The van der Waals surface area contributed by atoms with Crippen molar-refractivity contribution in [3.05, 3.63) is 58.2 Å². The van der Waals surface area contributed by atoms with Gasteiger partial charge >= 0.3 is 5.97 Å². The summed E-state index contributed by atoms with van der Waals surface area (Å²) in [5, 5.41) is 1.23. The van der Waals surface area contributed by atoms with Crippen molar-refractivity contribution in [2.45, 2.75) is 31.6 Å². The van der Waals surface area contributed by atoms with Crippen molar-refractivity contribution in [3.63, 3.8) is 0 Å². The molecule has 0 spiro atoms. The van der Waals surface area contributed by atoms with Gasteiger partial charge in [0, 0.05) is 27.1 Å². The molecule has 0 saturated carbocycles. The molecule has 0 fully saturated rings. The number of aromatic amines is 1. The Morgan fingerprint density at radius 1 is 1.13 bits per heavy atom. The molecule has 3 rings (SSSR count). The van der Waals surface area contributed by atoms with Gasteiger partial charge < -0.3 is 9.72 Å². The van der Waals surface area contributed by atoms with Gasteiger partial charge in [-0.05, 0) is 55.3 Å². The normalized spacial score (nSPS) is 11.6. The Labute approximate surface area is 185 Å². The number of anilines is 1. The van der Waals surface area contributed by atoms with Gasteiger partial charge in [0.2, 0.25) is 0 Å². The van der Waals surface area contributed by atoms with Crippen molar-refractivity contribution in [2.24, 2.45) is 0 Å². The molecule has 0 amide bonds. The molecule has 160 valence electrons. The molecule has 0 aliphatic heterocycles. The second kappa shape index (κ2) is 9.29. The number of fused-ring (bicyclic) bond motifs is 1. The van der Waals surface area contributed by atoms with Crippen molar-refractivity contribution in [1.29, 1.82) is 0 Å². The molecule has 0 radical (unpaired) electrons. The molecule has 0 atom stereocenters. The smallest absolute Gasteiger partial charge is 0.326 e. The fourth-order valence-corrected chi connectivity index (χ4v) is 5.33. The van der Waals surface area contributed by atoms with Crippen molar-refractivity contribution in [2.75, 3.05) is 17.5 Å². The first-order chi connectivity index (χ1) is 14.2. The zero-order valence-electron chi connectivity index (χ0n) is 16.6. The van der Waals surface area contributed by atoms with Crippen LogP contribution in [0.2, 0.25) is 10.0 Å². The number of H-pyrrole nitrogens is 1. The first-order valence-corrected chi connectivity index (χ1v) is 11.6. The third-order valence-corrected chi connectivity index (χ3v) is 6.88. The maximum atomic E-state index is 13.5. The van der Waals surface area contributed by atoms with Crippen molar-refractivity contribution >= 4 is 55.8 Å². The second-order valence-electron chi connectivity index (χ2n) is 6.84. The zero-order chi connectivity index (χ0) is 21.9. The van der Waals surface area contributed by atoms with Crippen LogP contribution in [0.4, 0.5) is 5.69 Å². The summed E-state index contributed by atoms with van der Waals surface area (Å²) >= 11 is 12.1. The third-order valence-electron chi connectivity index (χ3n) is 4.70. The van der Waals surface area contributed by atoms with Crippen LogP contribution in [0, 0.1) is 6.92 Å². The SMILES string of the molecule is CCCCOC(=O)CN(c1ccc2[nH]ccc2c1C)S(=O)(=O)c1cc(Cl)cc(Cl)c1. The quantitative estimate of drug-likeness (QED) is 0.358. The van der Waals surface area contributed by atoms with Gasteiger partial charge in [-0.3, -0.25) is 9.10 Å². The number of halogens is 2. The zero-order valence-corrected chi connectivity index (χ0v) is 18.9. The number of carbonyl (C=O) groups excluding carboxylic acids is 1. The van der Waals surface area contributed by atoms with Crippen LogP contribution in [0.5, 0.6) is 0 Å². The van der Waals surface area contributed by atoms with E-state index in [1.54, 1.807) is 25.3 Å². The Kier molecular flexibility index (Phi) is 6.95. The molecule has 0 unspecified atom stereocenters. The molecule has 1 N–H and O–H groups in total. The summed E-state index contributed by atoms with van der Waals surface area (Å²) in [6.07, 6.45) is 3.34. The van der Waals surface area contributed by atoms with Gasteiger partial charge in [-0.1, -0.05) is 36.5 Å². The molecule has 6 nitrogen and oxygen atoms in total. The molecular weight excluding hydrogens is 447 g/mol. The van der Waals surface area contributed by atoms with Gasteiger partial charge in [-0.15, -0.1) is 0 Å². The summed E-state index contributed by atoms with van der Waals surface area (Å²) in [6, 6.07) is 9.35. The lowest BCUT2D eigenvalue weighted by molar-refractivity contribution is -0.141. The van der Waals surface area contributed by atoms with Crippen LogP contribution in [-0.2, 0) is 19.6 Å². The van der Waals surface area contributed by atoms with Gasteiger partial charge in [0.25, 0.3) is 10.0 Å². The number of aromatic nitrogens is 1. The molecular formula is C21H22Cl2N2O4S. The highest BCUT2D eigenvalue weighted by atomic mass is 35.5. The number of ether oxygens (including phenoxy) is 1. The molecule has 0 aliphatic rings. The van der Waals surface area contributed by atoms with Crippen LogP contribution in [0.3, 0.4) is 0 Å². The Hall–Kier alpha value is -2.22. The number of aryl methyl sites for hydroxylation is 1. The number of sulfonamides is 1. The molecule has 9 heteroatoms. The van der Waals surface area contributed by atoms with Gasteiger partial charge in [-0.2, -0.15) is 0 Å². The van der Waals surface area contributed by atoms with Crippen molar-refractivity contribution < 1.29 is 17.9 Å². The van der Waals surface area contributed by atoms with E-state index in [0.717, 1.165) is 21.6 Å². The number of esters is 1. The standard InChI is InChI=1S/C21H22Cl2N2O4S/c1-3-4-9-29-21(26)13-25(20-6-5-19-18(14(20)2)7-8-24-19)30(27,28)17-11-15(22)10-16(23)12-17/h5-8,10-12,24H,3-4,9,13H2,1-2H3. The van der Waals surface area contributed by atoms with E-state index in [4.69, 9.17) is 27.9 Å². The fraction of sp³-hybridized carbons (Fsp3) is 0.286. The average Bonchev–Trinajstić information content (AvgIpc) is 3.16. The van der Waals surface area contributed by atoms with Crippen LogP contribution < -0.4 is 4.31 Å². The minimum Gasteiger partial charge on any atom is -0.464 e. The number of hydrogen-bond acceptors (Lipinski definition) is 4. The number of nitrogens with zero attached hydrogens (tertiary/aromatic N) is 1. The Morgan fingerprint density at radius 3 is 2.50 bits per heavy atom. The van der Waals surface area contributed by atoms with Gasteiger partial charge in [0.05, 0.1) is 17.2 Å². The van der Waals surface area contributed by atoms with Crippen molar-refractivity contribution in [1.82, 2.24) is 4.98 Å². The highest BCUT2D eigenvalue weighted by Crippen LogP contribution is 2.33. The summed E-state index contributed by atoms with van der Waals surface area (Å²) in [7, 11) is -4.15. The lowest BCUT2D eigenvalue weighted by Crippen LogP contribution is -2.37. The summed E-state index contributed by atoms with van der Waals surface area (Å²) in [5.74, 6) is -0.631. The van der Waals surface area contributed by atoms with E-state index in [-0.39, 0.29) is 21.5 Å². The van der Waals surface area contributed by atoms with Crippen LogP contribution in [0.25, 0.3) is 10.9 Å². The van der Waals surface area contributed by atoms with E-state index in [1.807, 2.05) is 13.0 Å². The molecule has 30 heavy (non-hydrogen) atoms. The molecule has 0 saturated heterocycles. The first kappa shape index (κ1) is 22.5. The number of benzene rings is 2. The number of hydrogen-bond donors (Lipinski definition) is 1. The predicted molar refractivity (Wildman–Crippen MR) is 120 cm³/mol. The Morgan fingerprint density at radius 2 is 1.83 bits per heavy atom. The first-order valence-electron chi connectivity index (χ1n) is 9.45. The van der Waals surface area contributed by atoms with Gasteiger partial charge in [0.1, 0.15) is 6.54 Å². The molecule has 0 bridgehead atoms. The molecule has 0 aliphatic carbocycles. The van der Waals surface area contributed by atoms with Crippen LogP contribution in [0.15, 0.2) is 47.5 Å². The molecule has 3 aromatic rings. The lowest BCUT2D eigenvalue weighted by Gasteiger charge is -2.25. The van der Waals surface area contributed by atoms with E-state index >= 15 is 0 Å². The Balaban J connectivity index is 2.08. The van der Waals surface area contributed by atoms with Crippen LogP contribution >= 0.6 is 23.2 Å². The molecule has 1 heterocycles. The lowest BCUT2D eigenvalue weighted by atomic mass is 10.1. The van der Waals surface area contributed by atoms with E-state index < -0.39 is 22.5 Å². The Bertz CT molecular complexity index is 1150. The van der Waals surface area contributed by atoms with E-state index in [0.29, 0.717) is 17.7 Å². The summed E-state index contributed by atoms with van der Waals surface area (Å²) in [6.45, 7) is 3.55. The number of carbonyl (C=O) groups is 1. The highest BCUT2D eigenvalue weighted by Gasteiger charge is 2.30. The monoisotopic (exact) mass is 468 g/mol. The summed E-state index contributed by atoms with van der Waals surface area (Å²) in [5.41, 5.74) is 1.96. The number of unbranched alkanes of at least 4 members (excludes halogenated alkanes) is 1. The average molecular weight is 469 g/mol. The minimum atomic E-state index is -4.15. The number of rotatable bonds is 8. The van der Waals surface area contributed by atoms with Gasteiger partial charge in [0.15, 0.2) is 0 Å². The molecule has 2 aromatic carbocycles. The highest BCUT2D eigenvalue weighted by molar-refractivity contribution is 7.92. The fourth-order valence-electron chi connectivity index (χ4n) is 3.14. The van der Waals surface area contributed by atoms with E-state index in [1.165, 1.54) is 18.2 Å². The van der Waals surface area contributed by atoms with Gasteiger partial charge in [-0.25, -0.2) is 8.42 Å². The van der Waals surface area contributed by atoms with Crippen LogP contribution in [-0.4, -0.2) is 32.5 Å². The van der Waals surface area contributed by atoms with Crippen molar-refractivity contribution in [3.8, 4) is 0 Å². The molecule has 1 aromatic heterocycles. The summed E-state index contributed by atoms with van der Waals surface area (Å²) in [4.78, 5) is 15.4. The largest absolute Gasteiger partial charge is 0.464 e. The van der Waals surface area contributed by atoms with Crippen LogP contribution in [0.1, 0.15) is 25.3 Å². The predicted octanol–water partition coefficient (Wildman–Crippen LogP) is 5.32. The summed E-state index contributed by atoms with van der Waals surface area (Å²) < 4.78 is 33.3.